The molecule has 25 heavy (non-hydrogen) atoms. The molecule has 1 amide bonds. The van der Waals surface area contributed by atoms with Crippen molar-refractivity contribution >= 4 is 28.9 Å². The van der Waals surface area contributed by atoms with Crippen molar-refractivity contribution in [3.05, 3.63) is 24.2 Å². The molecule has 1 atom stereocenters. The Balaban J connectivity index is 1.74. The van der Waals surface area contributed by atoms with Gasteiger partial charge in [0.05, 0.1) is 5.88 Å². The summed E-state index contributed by atoms with van der Waals surface area (Å²) in [5, 5.41) is 0. The second kappa shape index (κ2) is 7.20. The number of nitrogens with zero attached hydrogens (tertiary/aromatic N) is 4. The molecular formula is C18H25ClN4O2. The number of carbonyl (C=O) groups is 1. The first-order valence-electron chi connectivity index (χ1n) is 8.71. The van der Waals surface area contributed by atoms with E-state index in [4.69, 9.17) is 16.3 Å². The largest absolute Gasteiger partial charge is 0.444 e. The van der Waals surface area contributed by atoms with Crippen molar-refractivity contribution in [2.75, 3.05) is 13.1 Å². The van der Waals surface area contributed by atoms with Gasteiger partial charge >= 0.3 is 6.09 Å². The molecule has 3 rings (SSSR count). The molecule has 0 N–H and O–H groups in total. The number of halogens is 1. The predicted molar refractivity (Wildman–Crippen MR) is 97.6 cm³/mol. The molecule has 1 unspecified atom stereocenters. The number of hydrogen-bond acceptors (Lipinski definition) is 4. The minimum Gasteiger partial charge on any atom is -0.444 e. The van der Waals surface area contributed by atoms with Gasteiger partial charge in [0.25, 0.3) is 0 Å². The van der Waals surface area contributed by atoms with Crippen molar-refractivity contribution in [2.24, 2.45) is 5.92 Å². The third-order valence-corrected chi connectivity index (χ3v) is 4.55. The number of fused-ring (bicyclic) bond motifs is 1. The van der Waals surface area contributed by atoms with Crippen LogP contribution in [0.1, 0.15) is 39.4 Å². The summed E-state index contributed by atoms with van der Waals surface area (Å²) in [6, 6.07) is 3.82. The number of alkyl halides is 1. The molecule has 3 heterocycles. The van der Waals surface area contributed by atoms with Crippen LogP contribution in [0, 0.1) is 5.92 Å². The summed E-state index contributed by atoms with van der Waals surface area (Å²) < 4.78 is 7.60. The molecule has 2 aromatic heterocycles. The van der Waals surface area contributed by atoms with Crippen molar-refractivity contribution in [3.63, 3.8) is 0 Å². The van der Waals surface area contributed by atoms with E-state index >= 15 is 0 Å². The zero-order valence-corrected chi connectivity index (χ0v) is 15.8. The number of hydrogen-bond donors (Lipinski definition) is 0. The first-order chi connectivity index (χ1) is 11.9. The van der Waals surface area contributed by atoms with Crippen molar-refractivity contribution in [1.29, 1.82) is 0 Å². The number of ether oxygens (including phenoxy) is 1. The topological polar surface area (TPSA) is 60.2 Å². The Labute approximate surface area is 153 Å². The van der Waals surface area contributed by atoms with Crippen molar-refractivity contribution in [2.45, 2.75) is 51.6 Å². The summed E-state index contributed by atoms with van der Waals surface area (Å²) in [5.74, 6) is 1.51. The van der Waals surface area contributed by atoms with E-state index in [0.29, 0.717) is 18.3 Å². The lowest BCUT2D eigenvalue weighted by Gasteiger charge is -2.34. The maximum absolute atomic E-state index is 12.3. The maximum Gasteiger partial charge on any atom is 0.410 e. The predicted octanol–water partition coefficient (Wildman–Crippen LogP) is 3.82. The van der Waals surface area contributed by atoms with Crippen LogP contribution in [0.4, 0.5) is 4.79 Å². The van der Waals surface area contributed by atoms with E-state index in [2.05, 4.69) is 14.5 Å². The van der Waals surface area contributed by atoms with E-state index < -0.39 is 5.60 Å². The lowest BCUT2D eigenvalue weighted by atomic mass is 9.98. The van der Waals surface area contributed by atoms with Crippen LogP contribution in [-0.4, -0.2) is 44.2 Å². The molecule has 0 aliphatic carbocycles. The number of imidazole rings is 1. The molecule has 7 heteroatoms. The SMILES string of the molecule is CC(C)(C)OC(=O)N1CCCC(Cn2c(CCl)nc3cccnc32)C1. The highest BCUT2D eigenvalue weighted by molar-refractivity contribution is 6.16. The summed E-state index contributed by atoms with van der Waals surface area (Å²) in [5.41, 5.74) is 1.24. The lowest BCUT2D eigenvalue weighted by Crippen LogP contribution is -2.43. The van der Waals surface area contributed by atoms with Gasteiger partial charge in [-0.3, -0.25) is 0 Å². The number of carbonyl (C=O) groups excluding carboxylic acids is 1. The van der Waals surface area contributed by atoms with Gasteiger partial charge in [0.2, 0.25) is 0 Å². The van der Waals surface area contributed by atoms with E-state index in [-0.39, 0.29) is 6.09 Å². The summed E-state index contributed by atoms with van der Waals surface area (Å²) in [4.78, 5) is 23.2. The van der Waals surface area contributed by atoms with Crippen molar-refractivity contribution in [3.8, 4) is 0 Å². The Hall–Kier alpha value is -1.82. The first-order valence-corrected chi connectivity index (χ1v) is 9.25. The number of aromatic nitrogens is 3. The quantitative estimate of drug-likeness (QED) is 0.777. The number of piperidine rings is 1. The van der Waals surface area contributed by atoms with Crippen LogP contribution in [0.3, 0.4) is 0 Å². The fourth-order valence-electron chi connectivity index (χ4n) is 3.26. The normalized spacial score (nSPS) is 18.6. The number of rotatable bonds is 3. The van der Waals surface area contributed by atoms with E-state index in [1.807, 2.05) is 37.8 Å². The van der Waals surface area contributed by atoms with Crippen LogP contribution < -0.4 is 0 Å². The van der Waals surface area contributed by atoms with Gasteiger partial charge in [-0.25, -0.2) is 14.8 Å². The van der Waals surface area contributed by atoms with Crippen LogP contribution in [0.15, 0.2) is 18.3 Å². The van der Waals surface area contributed by atoms with Crippen molar-refractivity contribution in [1.82, 2.24) is 19.4 Å². The minimum atomic E-state index is -0.472. The zero-order valence-electron chi connectivity index (χ0n) is 15.0. The average Bonchev–Trinajstić information content (AvgIpc) is 2.91. The number of likely N-dealkylation sites (tertiary alicyclic amines) is 1. The molecule has 0 saturated carbocycles. The molecule has 2 aromatic rings. The Bertz CT molecular complexity index is 753. The highest BCUT2D eigenvalue weighted by atomic mass is 35.5. The average molecular weight is 365 g/mol. The third-order valence-electron chi connectivity index (χ3n) is 4.31. The van der Waals surface area contributed by atoms with Gasteiger partial charge in [-0.2, -0.15) is 0 Å². The summed E-state index contributed by atoms with van der Waals surface area (Å²) in [6.07, 6.45) is 3.57. The smallest absolute Gasteiger partial charge is 0.410 e. The van der Waals surface area contributed by atoms with Gasteiger partial charge in [-0.15, -0.1) is 11.6 Å². The molecule has 0 aromatic carbocycles. The van der Waals surface area contributed by atoms with Gasteiger partial charge in [0.1, 0.15) is 16.9 Å². The molecule has 1 aliphatic rings. The molecule has 1 fully saturated rings. The Morgan fingerprint density at radius 3 is 2.96 bits per heavy atom. The van der Waals surface area contributed by atoms with Crippen LogP contribution >= 0.6 is 11.6 Å². The highest BCUT2D eigenvalue weighted by Crippen LogP contribution is 2.24. The zero-order chi connectivity index (χ0) is 18.0. The van der Waals surface area contributed by atoms with Crippen LogP contribution in [0.5, 0.6) is 0 Å². The molecule has 6 nitrogen and oxygen atoms in total. The summed E-state index contributed by atoms with van der Waals surface area (Å²) >= 11 is 6.08. The van der Waals surface area contributed by atoms with Crippen molar-refractivity contribution < 1.29 is 9.53 Å². The van der Waals surface area contributed by atoms with E-state index in [1.54, 1.807) is 6.20 Å². The Morgan fingerprint density at radius 2 is 2.24 bits per heavy atom. The number of pyridine rings is 1. The first kappa shape index (κ1) is 18.0. The fraction of sp³-hybridized carbons (Fsp3) is 0.611. The second-order valence-electron chi connectivity index (χ2n) is 7.55. The molecule has 0 radical (unpaired) electrons. The van der Waals surface area contributed by atoms with Gasteiger partial charge in [-0.1, -0.05) is 0 Å². The van der Waals surface area contributed by atoms with Crippen LogP contribution in [0.25, 0.3) is 11.2 Å². The monoisotopic (exact) mass is 364 g/mol. The Morgan fingerprint density at radius 1 is 1.44 bits per heavy atom. The standard InChI is InChI=1S/C18H25ClN4O2/c1-18(2,3)25-17(24)22-9-5-6-13(11-22)12-23-15(10-19)21-14-7-4-8-20-16(14)23/h4,7-8,13H,5-6,9-12H2,1-3H3. The van der Waals surface area contributed by atoms with Gasteiger partial charge < -0.3 is 14.2 Å². The van der Waals surface area contributed by atoms with Crippen LogP contribution in [0.2, 0.25) is 0 Å². The number of amides is 1. The molecule has 136 valence electrons. The molecule has 1 aliphatic heterocycles. The Kier molecular flexibility index (Phi) is 5.18. The highest BCUT2D eigenvalue weighted by Gasteiger charge is 2.28. The van der Waals surface area contributed by atoms with E-state index in [0.717, 1.165) is 42.9 Å². The van der Waals surface area contributed by atoms with Gasteiger partial charge in [0.15, 0.2) is 5.65 Å². The molecule has 0 bridgehead atoms. The lowest BCUT2D eigenvalue weighted by molar-refractivity contribution is 0.0157. The molecule has 0 spiro atoms. The summed E-state index contributed by atoms with van der Waals surface area (Å²) in [7, 11) is 0. The van der Waals surface area contributed by atoms with E-state index in [9.17, 15) is 4.79 Å². The third kappa shape index (κ3) is 4.24. The fourth-order valence-corrected chi connectivity index (χ4v) is 3.47. The second-order valence-corrected chi connectivity index (χ2v) is 7.82. The van der Waals surface area contributed by atoms with Gasteiger partial charge in [-0.05, 0) is 51.7 Å². The van der Waals surface area contributed by atoms with Crippen LogP contribution in [-0.2, 0) is 17.2 Å². The molecular weight excluding hydrogens is 340 g/mol. The molecule has 1 saturated heterocycles. The minimum absolute atomic E-state index is 0.233. The van der Waals surface area contributed by atoms with E-state index in [1.165, 1.54) is 0 Å². The maximum atomic E-state index is 12.3. The van der Waals surface area contributed by atoms with Gasteiger partial charge in [0, 0.05) is 25.8 Å². The summed E-state index contributed by atoms with van der Waals surface area (Å²) in [6.45, 7) is 7.86.